The van der Waals surface area contributed by atoms with Gasteiger partial charge < -0.3 is 5.32 Å². The molecule has 21 heavy (non-hydrogen) atoms. The number of halogens is 1. The summed E-state index contributed by atoms with van der Waals surface area (Å²) in [5.74, 6) is 0.315. The van der Waals surface area contributed by atoms with E-state index in [0.717, 1.165) is 19.3 Å². The molecule has 2 saturated carbocycles. The molecular weight excluding hydrogens is 271 g/mol. The monoisotopic (exact) mass is 288 g/mol. The lowest BCUT2D eigenvalue weighted by Gasteiger charge is -2.19. The molecule has 0 radical (unpaired) electrons. The van der Waals surface area contributed by atoms with Crippen LogP contribution in [-0.4, -0.2) is 23.4 Å². The first-order valence-corrected chi connectivity index (χ1v) is 7.50. The highest BCUT2D eigenvalue weighted by molar-refractivity contribution is 6.06. The molecule has 1 aromatic carbocycles. The molecule has 2 amide bonds. The number of nitrogens with one attached hydrogen (secondary N) is 1. The van der Waals surface area contributed by atoms with Crippen LogP contribution in [0.2, 0.25) is 0 Å². The maximum Gasteiger partial charge on any atom is 0.234 e. The van der Waals surface area contributed by atoms with Crippen LogP contribution in [0.3, 0.4) is 0 Å². The first-order valence-electron chi connectivity index (χ1n) is 7.50. The van der Waals surface area contributed by atoms with Gasteiger partial charge in [-0.1, -0.05) is 0 Å². The average molecular weight is 288 g/mol. The molecule has 0 spiro atoms. The van der Waals surface area contributed by atoms with Crippen molar-refractivity contribution in [2.75, 3.05) is 12.0 Å². The molecule has 2 bridgehead atoms. The summed E-state index contributed by atoms with van der Waals surface area (Å²) in [6.45, 7) is 0.176. The van der Waals surface area contributed by atoms with Crippen molar-refractivity contribution >= 4 is 17.5 Å². The molecule has 1 heterocycles. The topological polar surface area (TPSA) is 49.4 Å². The van der Waals surface area contributed by atoms with E-state index in [9.17, 15) is 14.0 Å². The molecule has 3 aliphatic rings. The number of carbonyl (C=O) groups excluding carboxylic acids is 2. The van der Waals surface area contributed by atoms with Gasteiger partial charge in [0.2, 0.25) is 11.8 Å². The first-order chi connectivity index (χ1) is 10.1. The van der Waals surface area contributed by atoms with Crippen LogP contribution >= 0.6 is 0 Å². The summed E-state index contributed by atoms with van der Waals surface area (Å²) in [7, 11) is 0. The number of anilines is 1. The van der Waals surface area contributed by atoms with Gasteiger partial charge in [0, 0.05) is 5.69 Å². The van der Waals surface area contributed by atoms with E-state index in [4.69, 9.17) is 0 Å². The van der Waals surface area contributed by atoms with E-state index < -0.39 is 0 Å². The molecule has 0 unspecified atom stereocenters. The minimum atomic E-state index is -0.306. The Hall–Kier alpha value is -1.91. The number of carbonyl (C=O) groups is 2. The maximum atomic E-state index is 12.9. The van der Waals surface area contributed by atoms with Crippen LogP contribution in [0.15, 0.2) is 24.3 Å². The Bertz CT molecular complexity index is 573. The van der Waals surface area contributed by atoms with Crippen LogP contribution in [0.4, 0.5) is 10.1 Å². The Morgan fingerprint density at radius 2 is 1.62 bits per heavy atom. The van der Waals surface area contributed by atoms with E-state index >= 15 is 0 Å². The second-order valence-corrected chi connectivity index (χ2v) is 6.33. The smallest absolute Gasteiger partial charge is 0.234 e. The van der Waals surface area contributed by atoms with Gasteiger partial charge in [-0.05, 0) is 55.4 Å². The number of imide groups is 1. The third kappa shape index (κ3) is 1.87. The van der Waals surface area contributed by atoms with Crippen LogP contribution in [0.5, 0.6) is 0 Å². The lowest BCUT2D eigenvalue weighted by atomic mass is 9.81. The molecule has 4 rings (SSSR count). The van der Waals surface area contributed by atoms with Crippen molar-refractivity contribution in [1.29, 1.82) is 0 Å². The summed E-state index contributed by atoms with van der Waals surface area (Å²) >= 11 is 0. The van der Waals surface area contributed by atoms with Crippen molar-refractivity contribution in [3.63, 3.8) is 0 Å². The quantitative estimate of drug-likeness (QED) is 0.868. The summed E-state index contributed by atoms with van der Waals surface area (Å²) in [5.41, 5.74) is 0.706. The van der Waals surface area contributed by atoms with Gasteiger partial charge in [-0.25, -0.2) is 4.39 Å². The molecule has 110 valence electrons. The highest BCUT2D eigenvalue weighted by atomic mass is 19.1. The van der Waals surface area contributed by atoms with Crippen molar-refractivity contribution in [2.24, 2.45) is 23.7 Å². The molecule has 4 atom stereocenters. The molecule has 0 aromatic heterocycles. The Morgan fingerprint density at radius 3 is 2.19 bits per heavy atom. The normalized spacial score (nSPS) is 33.7. The Labute approximate surface area is 122 Å². The molecule has 4 nitrogen and oxygen atoms in total. The number of fused-ring (bicyclic) bond motifs is 5. The van der Waals surface area contributed by atoms with Gasteiger partial charge in [0.25, 0.3) is 0 Å². The minimum Gasteiger partial charge on any atom is -0.367 e. The van der Waals surface area contributed by atoms with Gasteiger partial charge in [-0.15, -0.1) is 0 Å². The maximum absolute atomic E-state index is 12.9. The second kappa shape index (κ2) is 4.55. The van der Waals surface area contributed by atoms with Gasteiger partial charge in [-0.3, -0.25) is 14.5 Å². The van der Waals surface area contributed by atoms with Gasteiger partial charge >= 0.3 is 0 Å². The average Bonchev–Trinajstić information content (AvgIpc) is 3.14. The molecule has 1 aromatic rings. The summed E-state index contributed by atoms with van der Waals surface area (Å²) in [6, 6.07) is 5.91. The number of rotatable bonds is 3. The number of amides is 2. The van der Waals surface area contributed by atoms with Crippen molar-refractivity contribution in [1.82, 2.24) is 4.90 Å². The van der Waals surface area contributed by atoms with Crippen LogP contribution in [0.1, 0.15) is 19.3 Å². The van der Waals surface area contributed by atoms with Gasteiger partial charge in [-0.2, -0.15) is 0 Å². The largest absolute Gasteiger partial charge is 0.367 e. The number of nitrogens with zero attached hydrogens (tertiary/aromatic N) is 1. The van der Waals surface area contributed by atoms with Gasteiger partial charge in [0.1, 0.15) is 5.82 Å². The lowest BCUT2D eigenvalue weighted by Crippen LogP contribution is -2.36. The molecule has 1 saturated heterocycles. The Morgan fingerprint density at radius 1 is 1.05 bits per heavy atom. The predicted octanol–water partition coefficient (Wildman–Crippen LogP) is 2.23. The van der Waals surface area contributed by atoms with Crippen molar-refractivity contribution in [2.45, 2.75) is 19.3 Å². The molecular formula is C16H17FN2O2. The standard InChI is InChI=1S/C16H17FN2O2/c17-11-3-5-12(6-4-11)18-8-19-15(20)13-9-1-2-10(7-9)14(13)16(19)21/h3-6,9-10,13-14,18H,1-2,7-8H2/t9-,10+,13-,14-/m0/s1. The Balaban J connectivity index is 1.48. The second-order valence-electron chi connectivity index (χ2n) is 6.33. The van der Waals surface area contributed by atoms with Crippen molar-refractivity contribution in [3.05, 3.63) is 30.1 Å². The number of benzene rings is 1. The third-order valence-corrected chi connectivity index (χ3v) is 5.30. The van der Waals surface area contributed by atoms with Crippen LogP contribution < -0.4 is 5.32 Å². The van der Waals surface area contributed by atoms with Crippen LogP contribution in [0, 0.1) is 29.5 Å². The molecule has 3 fully saturated rings. The highest BCUT2D eigenvalue weighted by Gasteiger charge is 2.60. The van der Waals surface area contributed by atoms with Gasteiger partial charge in [0.05, 0.1) is 18.5 Å². The molecule has 5 heteroatoms. The lowest BCUT2D eigenvalue weighted by molar-refractivity contribution is -0.140. The third-order valence-electron chi connectivity index (χ3n) is 5.30. The van der Waals surface area contributed by atoms with Crippen LogP contribution in [-0.2, 0) is 9.59 Å². The van der Waals surface area contributed by atoms with Crippen LogP contribution in [0.25, 0.3) is 0 Å². The van der Waals surface area contributed by atoms with E-state index in [-0.39, 0.29) is 36.1 Å². The zero-order valence-electron chi connectivity index (χ0n) is 11.6. The first kappa shape index (κ1) is 12.8. The fourth-order valence-corrected chi connectivity index (χ4v) is 4.36. The van der Waals surface area contributed by atoms with Crippen molar-refractivity contribution in [3.8, 4) is 0 Å². The van der Waals surface area contributed by atoms with Crippen molar-refractivity contribution < 1.29 is 14.0 Å². The van der Waals surface area contributed by atoms with E-state index in [1.165, 1.54) is 17.0 Å². The number of likely N-dealkylation sites (tertiary alicyclic amines) is 1. The number of hydrogen-bond acceptors (Lipinski definition) is 3. The summed E-state index contributed by atoms with van der Waals surface area (Å²) in [6.07, 6.45) is 3.22. The van der Waals surface area contributed by atoms with E-state index in [0.29, 0.717) is 17.5 Å². The Kier molecular flexibility index (Phi) is 2.77. The molecule has 1 N–H and O–H groups in total. The van der Waals surface area contributed by atoms with E-state index in [1.807, 2.05) is 0 Å². The summed E-state index contributed by atoms with van der Waals surface area (Å²) in [4.78, 5) is 26.3. The zero-order valence-corrected chi connectivity index (χ0v) is 11.6. The van der Waals surface area contributed by atoms with Gasteiger partial charge in [0.15, 0.2) is 0 Å². The van der Waals surface area contributed by atoms with E-state index in [1.54, 1.807) is 12.1 Å². The highest BCUT2D eigenvalue weighted by Crippen LogP contribution is 2.55. The number of hydrogen-bond donors (Lipinski definition) is 1. The fourth-order valence-electron chi connectivity index (χ4n) is 4.36. The predicted molar refractivity (Wildman–Crippen MR) is 74.6 cm³/mol. The van der Waals surface area contributed by atoms with E-state index in [2.05, 4.69) is 5.32 Å². The summed E-state index contributed by atoms with van der Waals surface area (Å²) in [5, 5.41) is 3.03. The summed E-state index contributed by atoms with van der Waals surface area (Å²) < 4.78 is 12.9. The molecule has 1 aliphatic heterocycles. The zero-order chi connectivity index (χ0) is 14.6. The minimum absolute atomic E-state index is 0.0215. The fraction of sp³-hybridized carbons (Fsp3) is 0.500. The SMILES string of the molecule is O=C1[C@H]2[C@@H]3CC[C@@H](C3)[C@@H]2C(=O)N1CNc1ccc(F)cc1. The molecule has 2 aliphatic carbocycles.